The molecule has 1 heterocycles. The average Bonchev–Trinajstić information content (AvgIpc) is 2.55. The lowest BCUT2D eigenvalue weighted by molar-refractivity contribution is -0.384. The minimum Gasteiger partial charge on any atom is -0.471 e. The lowest BCUT2D eigenvalue weighted by Gasteiger charge is -2.13. The van der Waals surface area contributed by atoms with Crippen molar-refractivity contribution in [2.45, 2.75) is 20.8 Å². The maximum Gasteiger partial charge on any atom is 0.269 e. The van der Waals surface area contributed by atoms with Crippen LogP contribution in [0, 0.1) is 10.1 Å². The van der Waals surface area contributed by atoms with Crippen molar-refractivity contribution in [1.82, 2.24) is 9.97 Å². The second-order valence-electron chi connectivity index (χ2n) is 5.56. The van der Waals surface area contributed by atoms with Crippen molar-refractivity contribution in [3.05, 3.63) is 70.1 Å². The Hall–Kier alpha value is -3.02. The number of allylic oxidation sites excluding steroid dienone is 1. The van der Waals surface area contributed by atoms with E-state index in [1.807, 2.05) is 20.8 Å². The summed E-state index contributed by atoms with van der Waals surface area (Å²) in [4.78, 5) is 18.8. The Labute approximate surface area is 140 Å². The molecule has 0 spiro atoms. The van der Waals surface area contributed by atoms with Crippen molar-refractivity contribution in [2.24, 2.45) is 0 Å². The van der Waals surface area contributed by atoms with E-state index in [1.165, 1.54) is 12.1 Å². The Morgan fingerprint density at radius 1 is 1.17 bits per heavy atom. The van der Waals surface area contributed by atoms with Crippen LogP contribution in [-0.2, 0) is 0 Å². The molecule has 1 aromatic carbocycles. The number of nitro benzene ring substituents is 1. The minimum absolute atomic E-state index is 0.0271. The van der Waals surface area contributed by atoms with Gasteiger partial charge in [-0.2, -0.15) is 0 Å². The van der Waals surface area contributed by atoms with E-state index in [2.05, 4.69) is 16.5 Å². The summed E-state index contributed by atoms with van der Waals surface area (Å²) in [5, 5.41) is 10.8. The first-order chi connectivity index (χ1) is 11.4. The number of benzene rings is 1. The van der Waals surface area contributed by atoms with Crippen LogP contribution in [0.15, 0.2) is 60.0 Å². The number of rotatable bonds is 6. The zero-order chi connectivity index (χ0) is 17.7. The predicted molar refractivity (Wildman–Crippen MR) is 92.8 cm³/mol. The maximum atomic E-state index is 10.8. The summed E-state index contributed by atoms with van der Waals surface area (Å²) >= 11 is 0. The molecule has 2 aromatic rings. The molecule has 0 bridgehead atoms. The van der Waals surface area contributed by atoms with Crippen molar-refractivity contribution in [3.63, 3.8) is 0 Å². The van der Waals surface area contributed by atoms with Crippen molar-refractivity contribution >= 4 is 5.69 Å². The summed E-state index contributed by atoms with van der Waals surface area (Å²) in [5.41, 5.74) is 4.37. The van der Waals surface area contributed by atoms with Crippen molar-refractivity contribution < 1.29 is 9.66 Å². The second-order valence-corrected chi connectivity index (χ2v) is 5.56. The van der Waals surface area contributed by atoms with Gasteiger partial charge in [0.15, 0.2) is 0 Å². The van der Waals surface area contributed by atoms with E-state index < -0.39 is 4.92 Å². The Morgan fingerprint density at radius 3 is 2.33 bits per heavy atom. The Kier molecular flexibility index (Phi) is 5.42. The lowest BCUT2D eigenvalue weighted by atomic mass is 10.1. The highest BCUT2D eigenvalue weighted by molar-refractivity contribution is 5.65. The SMILES string of the molecule is C=C(C)C(COc1nccnc1-c1ccc([N+](=O)[O-])cc1)=C(C)C. The van der Waals surface area contributed by atoms with Crippen LogP contribution < -0.4 is 4.74 Å². The summed E-state index contributed by atoms with van der Waals surface area (Å²) in [7, 11) is 0. The molecule has 0 atom stereocenters. The minimum atomic E-state index is -0.439. The molecule has 124 valence electrons. The van der Waals surface area contributed by atoms with E-state index in [0.717, 1.165) is 16.7 Å². The standard InChI is InChI=1S/C18H19N3O3/c1-12(2)16(13(3)4)11-24-18-17(19-9-10-20-18)14-5-7-15(8-6-14)21(22)23/h5-10H,1,11H2,2-4H3. The number of nitro groups is 1. The molecular formula is C18H19N3O3. The molecule has 0 amide bonds. The predicted octanol–water partition coefficient (Wildman–Crippen LogP) is 4.34. The van der Waals surface area contributed by atoms with Crippen LogP contribution >= 0.6 is 0 Å². The van der Waals surface area contributed by atoms with Crippen LogP contribution in [0.3, 0.4) is 0 Å². The van der Waals surface area contributed by atoms with Gasteiger partial charge in [0.25, 0.3) is 5.69 Å². The fourth-order valence-electron chi connectivity index (χ4n) is 2.20. The highest BCUT2D eigenvalue weighted by atomic mass is 16.6. The number of nitrogens with zero attached hydrogens (tertiary/aromatic N) is 3. The molecular weight excluding hydrogens is 306 g/mol. The number of aromatic nitrogens is 2. The molecule has 0 saturated carbocycles. The van der Waals surface area contributed by atoms with Gasteiger partial charge in [-0.05, 0) is 38.5 Å². The summed E-state index contributed by atoms with van der Waals surface area (Å²) in [5.74, 6) is 0.381. The Bertz CT molecular complexity index is 791. The number of ether oxygens (including phenoxy) is 1. The molecule has 0 aliphatic carbocycles. The summed E-state index contributed by atoms with van der Waals surface area (Å²) in [6, 6.07) is 6.14. The van der Waals surface area contributed by atoms with Crippen LogP contribution in [0.25, 0.3) is 11.3 Å². The van der Waals surface area contributed by atoms with Gasteiger partial charge in [0, 0.05) is 30.1 Å². The molecule has 0 radical (unpaired) electrons. The summed E-state index contributed by atoms with van der Waals surface area (Å²) < 4.78 is 5.83. The first-order valence-corrected chi connectivity index (χ1v) is 7.41. The highest BCUT2D eigenvalue weighted by Gasteiger charge is 2.13. The van der Waals surface area contributed by atoms with Gasteiger partial charge in [-0.3, -0.25) is 10.1 Å². The Balaban J connectivity index is 2.29. The van der Waals surface area contributed by atoms with E-state index in [1.54, 1.807) is 24.5 Å². The summed E-state index contributed by atoms with van der Waals surface area (Å²) in [6.07, 6.45) is 3.11. The van der Waals surface area contributed by atoms with Crippen LogP contribution in [0.5, 0.6) is 5.88 Å². The van der Waals surface area contributed by atoms with Crippen LogP contribution in [0.1, 0.15) is 20.8 Å². The topological polar surface area (TPSA) is 78.2 Å². The number of hydrogen-bond acceptors (Lipinski definition) is 5. The average molecular weight is 325 g/mol. The van der Waals surface area contributed by atoms with Crippen LogP contribution in [0.4, 0.5) is 5.69 Å². The lowest BCUT2D eigenvalue weighted by Crippen LogP contribution is -2.06. The van der Waals surface area contributed by atoms with E-state index in [0.29, 0.717) is 23.7 Å². The molecule has 0 saturated heterocycles. The molecule has 0 aliphatic heterocycles. The van der Waals surface area contributed by atoms with E-state index in [4.69, 9.17) is 4.74 Å². The maximum absolute atomic E-state index is 10.8. The van der Waals surface area contributed by atoms with Crippen LogP contribution in [-0.4, -0.2) is 21.5 Å². The van der Waals surface area contributed by atoms with Crippen molar-refractivity contribution in [1.29, 1.82) is 0 Å². The molecule has 6 nitrogen and oxygen atoms in total. The van der Waals surface area contributed by atoms with Gasteiger partial charge in [0.2, 0.25) is 5.88 Å². The summed E-state index contributed by atoms with van der Waals surface area (Å²) in [6.45, 7) is 10.2. The molecule has 0 fully saturated rings. The molecule has 24 heavy (non-hydrogen) atoms. The quantitative estimate of drug-likeness (QED) is 0.448. The Morgan fingerprint density at radius 2 is 1.79 bits per heavy atom. The first-order valence-electron chi connectivity index (χ1n) is 7.41. The van der Waals surface area contributed by atoms with Gasteiger partial charge < -0.3 is 4.74 Å². The number of hydrogen-bond donors (Lipinski definition) is 0. The normalized spacial score (nSPS) is 10.1. The van der Waals surface area contributed by atoms with Gasteiger partial charge in [0.1, 0.15) is 12.3 Å². The van der Waals surface area contributed by atoms with Crippen molar-refractivity contribution in [3.8, 4) is 17.1 Å². The molecule has 1 aromatic heterocycles. The molecule has 0 N–H and O–H groups in total. The third-order valence-electron chi connectivity index (χ3n) is 3.49. The smallest absolute Gasteiger partial charge is 0.269 e. The van der Waals surface area contributed by atoms with E-state index >= 15 is 0 Å². The van der Waals surface area contributed by atoms with Gasteiger partial charge >= 0.3 is 0 Å². The molecule has 2 rings (SSSR count). The van der Waals surface area contributed by atoms with E-state index in [-0.39, 0.29) is 5.69 Å². The zero-order valence-electron chi connectivity index (χ0n) is 13.9. The van der Waals surface area contributed by atoms with Gasteiger partial charge in [0.05, 0.1) is 4.92 Å². The van der Waals surface area contributed by atoms with Gasteiger partial charge in [-0.1, -0.05) is 17.7 Å². The number of non-ortho nitro benzene ring substituents is 1. The first kappa shape index (κ1) is 17.3. The van der Waals surface area contributed by atoms with E-state index in [9.17, 15) is 10.1 Å². The van der Waals surface area contributed by atoms with Crippen molar-refractivity contribution in [2.75, 3.05) is 6.61 Å². The molecule has 6 heteroatoms. The monoisotopic (exact) mass is 325 g/mol. The second kappa shape index (κ2) is 7.50. The molecule has 0 aliphatic rings. The van der Waals surface area contributed by atoms with Gasteiger partial charge in [-0.15, -0.1) is 0 Å². The zero-order valence-corrected chi connectivity index (χ0v) is 13.9. The third-order valence-corrected chi connectivity index (χ3v) is 3.49. The highest BCUT2D eigenvalue weighted by Crippen LogP contribution is 2.27. The van der Waals surface area contributed by atoms with Crippen LogP contribution in [0.2, 0.25) is 0 Å². The molecule has 0 unspecified atom stereocenters. The largest absolute Gasteiger partial charge is 0.471 e. The fourth-order valence-corrected chi connectivity index (χ4v) is 2.20. The van der Waals surface area contributed by atoms with Gasteiger partial charge in [-0.25, -0.2) is 9.97 Å². The fraction of sp³-hybridized carbons (Fsp3) is 0.222. The third kappa shape index (κ3) is 4.04.